The van der Waals surface area contributed by atoms with Gasteiger partial charge in [0.1, 0.15) is 12.2 Å². The SMILES string of the molecule is CCNCCC(C)Cc1ncnn1CC(C)C. The highest BCUT2D eigenvalue weighted by Gasteiger charge is 2.10. The van der Waals surface area contributed by atoms with Gasteiger partial charge in [-0.05, 0) is 31.3 Å². The Labute approximate surface area is 105 Å². The Kier molecular flexibility index (Phi) is 6.19. The molecule has 1 unspecified atom stereocenters. The van der Waals surface area contributed by atoms with Crippen molar-refractivity contribution in [3.8, 4) is 0 Å². The smallest absolute Gasteiger partial charge is 0.138 e. The first-order valence-corrected chi connectivity index (χ1v) is 6.70. The van der Waals surface area contributed by atoms with E-state index in [9.17, 15) is 0 Å². The molecule has 0 aliphatic rings. The van der Waals surface area contributed by atoms with E-state index in [1.54, 1.807) is 6.33 Å². The second-order valence-corrected chi connectivity index (χ2v) is 5.20. The van der Waals surface area contributed by atoms with E-state index in [2.05, 4.69) is 47.8 Å². The fourth-order valence-electron chi connectivity index (χ4n) is 1.88. The van der Waals surface area contributed by atoms with Crippen molar-refractivity contribution >= 4 is 0 Å². The lowest BCUT2D eigenvalue weighted by molar-refractivity contribution is 0.435. The summed E-state index contributed by atoms with van der Waals surface area (Å²) in [4.78, 5) is 4.37. The largest absolute Gasteiger partial charge is 0.317 e. The van der Waals surface area contributed by atoms with Crippen molar-refractivity contribution in [2.45, 2.75) is 47.1 Å². The molecule has 1 atom stereocenters. The minimum Gasteiger partial charge on any atom is -0.317 e. The molecule has 0 fully saturated rings. The van der Waals surface area contributed by atoms with Gasteiger partial charge in [-0.1, -0.05) is 27.7 Å². The molecule has 0 radical (unpaired) electrons. The summed E-state index contributed by atoms with van der Waals surface area (Å²) in [6, 6.07) is 0. The summed E-state index contributed by atoms with van der Waals surface area (Å²) in [6.07, 6.45) is 3.90. The molecule has 1 aromatic rings. The van der Waals surface area contributed by atoms with Crippen LogP contribution in [0.25, 0.3) is 0 Å². The maximum Gasteiger partial charge on any atom is 0.138 e. The molecule has 0 saturated carbocycles. The zero-order chi connectivity index (χ0) is 12.7. The van der Waals surface area contributed by atoms with Crippen molar-refractivity contribution in [1.82, 2.24) is 20.1 Å². The van der Waals surface area contributed by atoms with E-state index in [-0.39, 0.29) is 0 Å². The Morgan fingerprint density at radius 3 is 2.76 bits per heavy atom. The van der Waals surface area contributed by atoms with Gasteiger partial charge in [0.05, 0.1) is 0 Å². The number of hydrogen-bond acceptors (Lipinski definition) is 3. The van der Waals surface area contributed by atoms with E-state index in [0.717, 1.165) is 31.9 Å². The molecule has 1 aromatic heterocycles. The second kappa shape index (κ2) is 7.43. The van der Waals surface area contributed by atoms with E-state index in [4.69, 9.17) is 0 Å². The molecule has 98 valence electrons. The average molecular weight is 238 g/mol. The van der Waals surface area contributed by atoms with Crippen LogP contribution in [0.5, 0.6) is 0 Å². The first-order valence-electron chi connectivity index (χ1n) is 6.70. The molecule has 0 bridgehead atoms. The van der Waals surface area contributed by atoms with Crippen LogP contribution in [0.1, 0.15) is 39.9 Å². The van der Waals surface area contributed by atoms with E-state index in [1.807, 2.05) is 0 Å². The highest BCUT2D eigenvalue weighted by atomic mass is 15.3. The lowest BCUT2D eigenvalue weighted by atomic mass is 10.0. The molecule has 0 aliphatic carbocycles. The van der Waals surface area contributed by atoms with Crippen LogP contribution in [-0.4, -0.2) is 27.9 Å². The molecular formula is C13H26N4. The topological polar surface area (TPSA) is 42.7 Å². The third-order valence-electron chi connectivity index (χ3n) is 2.83. The van der Waals surface area contributed by atoms with E-state index >= 15 is 0 Å². The quantitative estimate of drug-likeness (QED) is 0.705. The van der Waals surface area contributed by atoms with Crippen LogP contribution in [0.15, 0.2) is 6.33 Å². The van der Waals surface area contributed by atoms with Gasteiger partial charge in [-0.25, -0.2) is 9.67 Å². The highest BCUT2D eigenvalue weighted by molar-refractivity contribution is 4.87. The summed E-state index contributed by atoms with van der Waals surface area (Å²) in [5, 5.41) is 7.66. The predicted octanol–water partition coefficient (Wildman–Crippen LogP) is 2.11. The normalized spacial score (nSPS) is 13.2. The maximum absolute atomic E-state index is 4.37. The van der Waals surface area contributed by atoms with Gasteiger partial charge in [-0.2, -0.15) is 5.10 Å². The molecule has 1 rings (SSSR count). The van der Waals surface area contributed by atoms with Gasteiger partial charge in [0, 0.05) is 13.0 Å². The number of nitrogens with one attached hydrogen (secondary N) is 1. The van der Waals surface area contributed by atoms with Crippen LogP contribution in [0, 0.1) is 11.8 Å². The van der Waals surface area contributed by atoms with Crippen LogP contribution >= 0.6 is 0 Å². The first-order chi connectivity index (χ1) is 8.13. The molecule has 0 amide bonds. The first kappa shape index (κ1) is 14.2. The van der Waals surface area contributed by atoms with E-state index in [0.29, 0.717) is 11.8 Å². The summed E-state index contributed by atoms with van der Waals surface area (Å²) >= 11 is 0. The summed E-state index contributed by atoms with van der Waals surface area (Å²) < 4.78 is 2.05. The van der Waals surface area contributed by atoms with Crippen molar-refractivity contribution in [1.29, 1.82) is 0 Å². The van der Waals surface area contributed by atoms with Crippen LogP contribution in [0.3, 0.4) is 0 Å². The fourth-order valence-corrected chi connectivity index (χ4v) is 1.88. The molecular weight excluding hydrogens is 212 g/mol. The van der Waals surface area contributed by atoms with Gasteiger partial charge in [0.2, 0.25) is 0 Å². The van der Waals surface area contributed by atoms with Crippen LogP contribution in [0.2, 0.25) is 0 Å². The zero-order valence-corrected chi connectivity index (χ0v) is 11.6. The minimum atomic E-state index is 0.618. The number of nitrogens with zero attached hydrogens (tertiary/aromatic N) is 3. The maximum atomic E-state index is 4.37. The molecule has 17 heavy (non-hydrogen) atoms. The standard InChI is InChI=1S/C13H26N4/c1-5-14-7-6-12(4)8-13-15-10-16-17(13)9-11(2)3/h10-12,14H,5-9H2,1-4H3. The molecule has 1 N–H and O–H groups in total. The Hall–Kier alpha value is -0.900. The molecule has 1 heterocycles. The van der Waals surface area contributed by atoms with Gasteiger partial charge >= 0.3 is 0 Å². The molecule has 4 heteroatoms. The minimum absolute atomic E-state index is 0.618. The third kappa shape index (κ3) is 5.31. The third-order valence-corrected chi connectivity index (χ3v) is 2.83. The van der Waals surface area contributed by atoms with Crippen LogP contribution in [-0.2, 0) is 13.0 Å². The summed E-state index contributed by atoms with van der Waals surface area (Å²) in [5.41, 5.74) is 0. The monoisotopic (exact) mass is 238 g/mol. The molecule has 0 spiro atoms. The van der Waals surface area contributed by atoms with E-state index < -0.39 is 0 Å². The lowest BCUT2D eigenvalue weighted by Gasteiger charge is -2.13. The predicted molar refractivity (Wildman–Crippen MR) is 70.9 cm³/mol. The van der Waals surface area contributed by atoms with Crippen molar-refractivity contribution in [2.24, 2.45) is 11.8 Å². The second-order valence-electron chi connectivity index (χ2n) is 5.20. The Morgan fingerprint density at radius 2 is 2.12 bits per heavy atom. The van der Waals surface area contributed by atoms with Crippen LogP contribution < -0.4 is 5.32 Å². The lowest BCUT2D eigenvalue weighted by Crippen LogP contribution is -2.19. The van der Waals surface area contributed by atoms with Gasteiger partial charge in [-0.15, -0.1) is 0 Å². The Morgan fingerprint density at radius 1 is 1.35 bits per heavy atom. The fraction of sp³-hybridized carbons (Fsp3) is 0.846. The Balaban J connectivity index is 2.41. The number of rotatable bonds is 8. The number of hydrogen-bond donors (Lipinski definition) is 1. The highest BCUT2D eigenvalue weighted by Crippen LogP contribution is 2.10. The summed E-state index contributed by atoms with van der Waals surface area (Å²) in [7, 11) is 0. The molecule has 0 aliphatic heterocycles. The summed E-state index contributed by atoms with van der Waals surface area (Å²) in [5.74, 6) is 2.40. The van der Waals surface area contributed by atoms with Gasteiger partial charge < -0.3 is 5.32 Å². The average Bonchev–Trinajstić information content (AvgIpc) is 2.65. The van der Waals surface area contributed by atoms with Gasteiger partial charge in [0.25, 0.3) is 0 Å². The molecule has 4 nitrogen and oxygen atoms in total. The molecule has 0 aromatic carbocycles. The zero-order valence-electron chi connectivity index (χ0n) is 11.6. The van der Waals surface area contributed by atoms with Crippen LogP contribution in [0.4, 0.5) is 0 Å². The van der Waals surface area contributed by atoms with Crippen molar-refractivity contribution < 1.29 is 0 Å². The van der Waals surface area contributed by atoms with Crippen molar-refractivity contribution in [2.75, 3.05) is 13.1 Å². The van der Waals surface area contributed by atoms with E-state index in [1.165, 1.54) is 6.42 Å². The molecule has 0 saturated heterocycles. The number of aromatic nitrogens is 3. The Bertz CT molecular complexity index is 306. The van der Waals surface area contributed by atoms with Gasteiger partial charge in [-0.3, -0.25) is 0 Å². The van der Waals surface area contributed by atoms with Gasteiger partial charge in [0.15, 0.2) is 0 Å². The van der Waals surface area contributed by atoms with Crippen molar-refractivity contribution in [3.05, 3.63) is 12.2 Å². The summed E-state index contributed by atoms with van der Waals surface area (Å²) in [6.45, 7) is 12.0. The van der Waals surface area contributed by atoms with Crippen molar-refractivity contribution in [3.63, 3.8) is 0 Å².